The molecule has 0 amide bonds. The normalized spacial score (nSPS) is 26.6. The van der Waals surface area contributed by atoms with E-state index in [9.17, 15) is 0 Å². The van der Waals surface area contributed by atoms with E-state index in [-0.39, 0.29) is 0 Å². The van der Waals surface area contributed by atoms with Crippen molar-refractivity contribution < 1.29 is 4.74 Å². The van der Waals surface area contributed by atoms with Gasteiger partial charge < -0.3 is 15.0 Å². The van der Waals surface area contributed by atoms with Crippen LogP contribution in [0.5, 0.6) is 5.75 Å². The second kappa shape index (κ2) is 8.51. The van der Waals surface area contributed by atoms with Gasteiger partial charge in [-0.1, -0.05) is 12.1 Å². The maximum atomic E-state index is 5.44. The number of rotatable bonds is 8. The Morgan fingerprint density at radius 1 is 1.16 bits per heavy atom. The Kier molecular flexibility index (Phi) is 5.21. The second-order valence-electron chi connectivity index (χ2n) is 11.7. The Balaban J connectivity index is 0.993. The molecule has 4 aromatic rings. The summed E-state index contributed by atoms with van der Waals surface area (Å²) in [5.74, 6) is 1.69. The van der Waals surface area contributed by atoms with Crippen LogP contribution < -0.4 is 15.0 Å². The van der Waals surface area contributed by atoms with E-state index in [2.05, 4.69) is 53.9 Å². The zero-order valence-corrected chi connectivity index (χ0v) is 21.4. The number of hydrogen-bond acceptors (Lipinski definition) is 8. The van der Waals surface area contributed by atoms with Gasteiger partial charge in [-0.2, -0.15) is 10.2 Å². The van der Waals surface area contributed by atoms with Gasteiger partial charge in [0.25, 0.3) is 0 Å². The molecular weight excluding hydrogens is 466 g/mol. The van der Waals surface area contributed by atoms with Crippen molar-refractivity contribution >= 4 is 16.7 Å². The van der Waals surface area contributed by atoms with Gasteiger partial charge in [0.1, 0.15) is 11.4 Å². The van der Waals surface area contributed by atoms with Gasteiger partial charge in [0.2, 0.25) is 0 Å². The minimum Gasteiger partial charge on any atom is -0.497 e. The van der Waals surface area contributed by atoms with Crippen molar-refractivity contribution in [3.05, 3.63) is 42.4 Å². The molecule has 1 aliphatic heterocycles. The lowest BCUT2D eigenvalue weighted by Gasteiger charge is -2.70. The lowest BCUT2D eigenvalue weighted by Crippen LogP contribution is -2.65. The molecule has 0 radical (unpaired) electrons. The molecule has 4 heterocycles. The molecular formula is C27H33N9O. The molecule has 37 heavy (non-hydrogen) atoms. The lowest BCUT2D eigenvalue weighted by atomic mass is 9.36. The van der Waals surface area contributed by atoms with Crippen molar-refractivity contribution in [1.82, 2.24) is 40.7 Å². The van der Waals surface area contributed by atoms with Crippen LogP contribution in [-0.4, -0.2) is 68.2 Å². The van der Waals surface area contributed by atoms with Crippen LogP contribution in [0.1, 0.15) is 44.7 Å². The molecule has 10 nitrogen and oxygen atoms in total. The topological polar surface area (TPSA) is 110 Å². The Morgan fingerprint density at radius 3 is 2.84 bits per heavy atom. The molecule has 1 atom stereocenters. The number of H-pyrrole nitrogens is 1. The summed E-state index contributed by atoms with van der Waals surface area (Å²) in [6.07, 6.45) is 10.4. The first-order valence-corrected chi connectivity index (χ1v) is 13.2. The monoisotopic (exact) mass is 499 g/mol. The summed E-state index contributed by atoms with van der Waals surface area (Å²) in [5, 5.41) is 29.8. The standard InChI is InChI=1S/C27H33N9O/c1-26-14-27(15-26,16-26)17-28-18-4-3-7-35(11-18)25-6-5-19(30-33-25)12-36-13-24(32-34-36)21-8-20(37-2)9-23-22(21)10-29-31-23/h5-6,8-10,13,18,28H,3-4,7,11-12,14-17H2,1-2H3,(H,29,31). The molecule has 1 aromatic carbocycles. The third-order valence-electron chi connectivity index (χ3n) is 8.53. The van der Waals surface area contributed by atoms with Gasteiger partial charge in [-0.15, -0.1) is 10.2 Å². The molecule has 4 aliphatic rings. The molecule has 2 bridgehead atoms. The minimum atomic E-state index is 0.504. The number of aromatic nitrogens is 7. The van der Waals surface area contributed by atoms with Crippen molar-refractivity contribution in [3.63, 3.8) is 0 Å². The van der Waals surface area contributed by atoms with Crippen molar-refractivity contribution in [3.8, 4) is 17.0 Å². The van der Waals surface area contributed by atoms with Crippen LogP contribution in [0.2, 0.25) is 0 Å². The lowest BCUT2D eigenvalue weighted by molar-refractivity contribution is -0.187. The number of piperidine rings is 1. The molecule has 3 aliphatic carbocycles. The molecule has 3 aromatic heterocycles. The van der Waals surface area contributed by atoms with Gasteiger partial charge >= 0.3 is 0 Å². The van der Waals surface area contributed by atoms with Gasteiger partial charge in [0.15, 0.2) is 5.82 Å². The Hall–Kier alpha value is -3.53. The quantitative estimate of drug-likeness (QED) is 0.380. The first kappa shape index (κ1) is 22.7. The SMILES string of the molecule is COc1cc(-c2cn(Cc3ccc(N4CCCC(NCC56CC(C)(C5)C6)C4)nn3)nn2)c2cn[nH]c2c1. The Labute approximate surface area is 215 Å². The number of hydrogen-bond donors (Lipinski definition) is 2. The molecule has 8 rings (SSSR count). The van der Waals surface area contributed by atoms with Gasteiger partial charge in [0, 0.05) is 42.7 Å². The highest BCUT2D eigenvalue weighted by Crippen LogP contribution is 2.72. The molecule has 192 valence electrons. The summed E-state index contributed by atoms with van der Waals surface area (Å²) >= 11 is 0. The van der Waals surface area contributed by atoms with Gasteiger partial charge in [-0.3, -0.25) is 5.10 Å². The average Bonchev–Trinajstić information content (AvgIpc) is 3.55. The largest absolute Gasteiger partial charge is 0.497 e. The molecule has 3 saturated carbocycles. The highest BCUT2D eigenvalue weighted by atomic mass is 16.5. The van der Waals surface area contributed by atoms with Crippen LogP contribution in [0.3, 0.4) is 0 Å². The summed E-state index contributed by atoms with van der Waals surface area (Å²) in [5.41, 5.74) is 4.71. The van der Waals surface area contributed by atoms with Crippen LogP contribution in [-0.2, 0) is 6.54 Å². The van der Waals surface area contributed by atoms with E-state index in [0.29, 0.717) is 23.4 Å². The van der Waals surface area contributed by atoms with E-state index in [1.807, 2.05) is 24.4 Å². The predicted molar refractivity (Wildman–Crippen MR) is 140 cm³/mol. The van der Waals surface area contributed by atoms with Gasteiger partial charge in [-0.25, -0.2) is 4.68 Å². The summed E-state index contributed by atoms with van der Waals surface area (Å²) < 4.78 is 7.22. The molecule has 0 spiro atoms. The van der Waals surface area contributed by atoms with E-state index < -0.39 is 0 Å². The second-order valence-corrected chi connectivity index (χ2v) is 11.7. The fourth-order valence-electron chi connectivity index (χ4n) is 7.09. The van der Waals surface area contributed by atoms with Crippen molar-refractivity contribution in [2.45, 2.75) is 51.6 Å². The minimum absolute atomic E-state index is 0.504. The van der Waals surface area contributed by atoms with Crippen LogP contribution in [0.25, 0.3) is 22.2 Å². The number of fused-ring (bicyclic) bond motifs is 1. The zero-order valence-electron chi connectivity index (χ0n) is 21.4. The number of nitrogens with zero attached hydrogens (tertiary/aromatic N) is 7. The number of nitrogens with one attached hydrogen (secondary N) is 2. The first-order chi connectivity index (χ1) is 18.0. The van der Waals surface area contributed by atoms with Crippen LogP contribution >= 0.6 is 0 Å². The Bertz CT molecular complexity index is 1410. The van der Waals surface area contributed by atoms with Gasteiger partial charge in [0.05, 0.1) is 37.3 Å². The zero-order chi connectivity index (χ0) is 25.0. The van der Waals surface area contributed by atoms with Crippen LogP contribution in [0, 0.1) is 10.8 Å². The maximum Gasteiger partial charge on any atom is 0.151 e. The molecule has 10 heteroatoms. The Morgan fingerprint density at radius 2 is 2.05 bits per heavy atom. The number of anilines is 1. The molecule has 1 unspecified atom stereocenters. The fraction of sp³-hybridized carbons (Fsp3) is 0.519. The summed E-state index contributed by atoms with van der Waals surface area (Å²) in [4.78, 5) is 2.37. The number of aromatic amines is 1. The predicted octanol–water partition coefficient (Wildman–Crippen LogP) is 3.42. The van der Waals surface area contributed by atoms with Crippen LogP contribution in [0.4, 0.5) is 5.82 Å². The summed E-state index contributed by atoms with van der Waals surface area (Å²) in [6, 6.07) is 8.54. The van der Waals surface area contributed by atoms with Crippen LogP contribution in [0.15, 0.2) is 36.7 Å². The van der Waals surface area contributed by atoms with E-state index in [0.717, 1.165) is 52.5 Å². The molecule has 2 N–H and O–H groups in total. The van der Waals surface area contributed by atoms with E-state index in [4.69, 9.17) is 4.74 Å². The van der Waals surface area contributed by atoms with E-state index >= 15 is 0 Å². The van der Waals surface area contributed by atoms with Crippen molar-refractivity contribution in [2.75, 3.05) is 31.6 Å². The highest BCUT2D eigenvalue weighted by molar-refractivity contribution is 5.94. The smallest absolute Gasteiger partial charge is 0.151 e. The summed E-state index contributed by atoms with van der Waals surface area (Å²) in [7, 11) is 1.65. The highest BCUT2D eigenvalue weighted by Gasteiger charge is 2.64. The average molecular weight is 500 g/mol. The van der Waals surface area contributed by atoms with Crippen molar-refractivity contribution in [1.29, 1.82) is 0 Å². The third-order valence-corrected chi connectivity index (χ3v) is 8.53. The maximum absolute atomic E-state index is 5.44. The van der Waals surface area contributed by atoms with Crippen molar-refractivity contribution in [2.24, 2.45) is 10.8 Å². The number of methoxy groups -OCH3 is 1. The molecule has 1 saturated heterocycles. The first-order valence-electron chi connectivity index (χ1n) is 13.2. The molecule has 4 fully saturated rings. The van der Waals surface area contributed by atoms with E-state index in [1.165, 1.54) is 38.6 Å². The fourth-order valence-corrected chi connectivity index (χ4v) is 7.09. The van der Waals surface area contributed by atoms with Gasteiger partial charge in [-0.05, 0) is 61.1 Å². The number of benzene rings is 1. The summed E-state index contributed by atoms with van der Waals surface area (Å²) in [6.45, 7) is 6.14. The third kappa shape index (κ3) is 4.13. The number of ether oxygens (including phenoxy) is 1. The van der Waals surface area contributed by atoms with E-state index in [1.54, 1.807) is 18.0 Å².